The summed E-state index contributed by atoms with van der Waals surface area (Å²) in [5.41, 5.74) is 1.88. The number of aliphatic hydroxyl groups excluding tert-OH is 1. The lowest BCUT2D eigenvalue weighted by atomic mass is 9.95. The lowest BCUT2D eigenvalue weighted by Crippen LogP contribution is -2.44. The predicted octanol–water partition coefficient (Wildman–Crippen LogP) is 2.42. The van der Waals surface area contributed by atoms with E-state index in [0.29, 0.717) is 28.4 Å². The summed E-state index contributed by atoms with van der Waals surface area (Å²) in [4.78, 5) is 14.4. The Morgan fingerprint density at radius 2 is 1.82 bits per heavy atom. The van der Waals surface area contributed by atoms with Crippen molar-refractivity contribution in [2.75, 3.05) is 20.8 Å². The Balaban J connectivity index is 1.79. The summed E-state index contributed by atoms with van der Waals surface area (Å²) in [5, 5.41) is 19.5. The van der Waals surface area contributed by atoms with Gasteiger partial charge in [0.05, 0.1) is 38.9 Å². The van der Waals surface area contributed by atoms with Crippen molar-refractivity contribution >= 4 is 5.91 Å². The maximum Gasteiger partial charge on any atom is 0.263 e. The van der Waals surface area contributed by atoms with Crippen LogP contribution >= 0.6 is 0 Å². The van der Waals surface area contributed by atoms with Crippen molar-refractivity contribution in [1.29, 1.82) is 5.26 Å². The van der Waals surface area contributed by atoms with Crippen LogP contribution in [0.1, 0.15) is 29.7 Å². The molecule has 1 aliphatic rings. The van der Waals surface area contributed by atoms with Gasteiger partial charge in [-0.3, -0.25) is 4.79 Å². The molecule has 3 rings (SSSR count). The van der Waals surface area contributed by atoms with Gasteiger partial charge in [0.2, 0.25) is 0 Å². The van der Waals surface area contributed by atoms with Gasteiger partial charge in [-0.05, 0) is 43.3 Å². The lowest BCUT2D eigenvalue weighted by Gasteiger charge is -2.35. The minimum Gasteiger partial charge on any atom is -0.496 e. The molecule has 2 aromatic rings. The molecule has 0 aromatic heterocycles. The van der Waals surface area contributed by atoms with Crippen molar-refractivity contribution < 1.29 is 24.1 Å². The first kappa shape index (κ1) is 19.5. The fraction of sp³-hybridized carbons (Fsp3) is 0.333. The third-order valence-electron chi connectivity index (χ3n) is 4.75. The van der Waals surface area contributed by atoms with Crippen LogP contribution in [-0.4, -0.2) is 42.8 Å². The van der Waals surface area contributed by atoms with Crippen LogP contribution in [0.15, 0.2) is 36.4 Å². The zero-order chi connectivity index (χ0) is 20.3. The van der Waals surface area contributed by atoms with E-state index in [0.717, 1.165) is 5.56 Å². The van der Waals surface area contributed by atoms with Crippen LogP contribution in [0.3, 0.4) is 0 Å². The quantitative estimate of drug-likeness (QED) is 0.854. The fourth-order valence-electron chi connectivity index (χ4n) is 3.36. The third kappa shape index (κ3) is 3.73. The van der Waals surface area contributed by atoms with Crippen LogP contribution in [0, 0.1) is 11.3 Å². The number of fused-ring (bicyclic) bond motifs is 1. The summed E-state index contributed by atoms with van der Waals surface area (Å²) in [6.07, 6.45) is -1.64. The zero-order valence-corrected chi connectivity index (χ0v) is 16.0. The molecular weight excluding hydrogens is 360 g/mol. The average Bonchev–Trinajstić information content (AvgIpc) is 2.72. The molecule has 0 saturated carbocycles. The molecule has 1 heterocycles. The smallest absolute Gasteiger partial charge is 0.263 e. The van der Waals surface area contributed by atoms with Crippen molar-refractivity contribution in [3.63, 3.8) is 0 Å². The van der Waals surface area contributed by atoms with Gasteiger partial charge in [-0.2, -0.15) is 5.26 Å². The molecule has 28 heavy (non-hydrogen) atoms. The van der Waals surface area contributed by atoms with Gasteiger partial charge in [-0.15, -0.1) is 0 Å². The molecule has 1 N–H and O–H groups in total. The van der Waals surface area contributed by atoms with E-state index in [4.69, 9.17) is 19.5 Å². The van der Waals surface area contributed by atoms with Gasteiger partial charge in [-0.25, -0.2) is 0 Å². The molecule has 7 heteroatoms. The van der Waals surface area contributed by atoms with Gasteiger partial charge < -0.3 is 24.2 Å². The van der Waals surface area contributed by atoms with Gasteiger partial charge in [0.1, 0.15) is 23.4 Å². The molecule has 0 bridgehead atoms. The Morgan fingerprint density at radius 3 is 2.43 bits per heavy atom. The first-order valence-corrected chi connectivity index (χ1v) is 8.86. The van der Waals surface area contributed by atoms with Crippen molar-refractivity contribution in [2.45, 2.75) is 25.7 Å². The third-order valence-corrected chi connectivity index (χ3v) is 4.75. The number of hydrogen-bond acceptors (Lipinski definition) is 6. The fourth-order valence-corrected chi connectivity index (χ4v) is 3.36. The molecule has 2 unspecified atom stereocenters. The normalized spacial score (nSPS) is 16.5. The molecule has 0 aliphatic carbocycles. The van der Waals surface area contributed by atoms with Crippen LogP contribution in [0.4, 0.5) is 0 Å². The van der Waals surface area contributed by atoms with Crippen molar-refractivity contribution in [3.05, 3.63) is 53.1 Å². The van der Waals surface area contributed by atoms with E-state index in [9.17, 15) is 9.90 Å². The lowest BCUT2D eigenvalue weighted by molar-refractivity contribution is -0.140. The molecule has 2 aromatic carbocycles. The number of carbonyl (C=O) groups excluding carboxylic acids is 1. The van der Waals surface area contributed by atoms with Gasteiger partial charge in [0.25, 0.3) is 5.91 Å². The molecule has 1 aliphatic heterocycles. The van der Waals surface area contributed by atoms with E-state index in [-0.39, 0.29) is 19.0 Å². The molecule has 0 fully saturated rings. The largest absolute Gasteiger partial charge is 0.496 e. The summed E-state index contributed by atoms with van der Waals surface area (Å²) in [5.74, 6) is 1.40. The maximum atomic E-state index is 12.9. The molecule has 0 saturated heterocycles. The second-order valence-corrected chi connectivity index (χ2v) is 6.49. The van der Waals surface area contributed by atoms with E-state index in [1.807, 2.05) is 6.07 Å². The van der Waals surface area contributed by atoms with Crippen LogP contribution < -0.4 is 14.2 Å². The highest BCUT2D eigenvalue weighted by Gasteiger charge is 2.34. The highest BCUT2D eigenvalue weighted by atomic mass is 16.5. The standard InChI is InChI=1S/C21H22N2O5/c1-13(28-15-6-4-14(10-22)5-7-15)21(25)23-11-16-18(26-2)8-9-19(27-3)20(16)17(24)12-23/h4-9,13,17,24H,11-12H2,1-3H3. The number of nitriles is 1. The Kier molecular flexibility index (Phi) is 5.71. The molecule has 7 nitrogen and oxygen atoms in total. The van der Waals surface area contributed by atoms with Crippen molar-refractivity contribution in [1.82, 2.24) is 4.90 Å². The van der Waals surface area contributed by atoms with Crippen LogP contribution in [0.5, 0.6) is 17.2 Å². The van der Waals surface area contributed by atoms with Crippen molar-refractivity contribution in [3.8, 4) is 23.3 Å². The number of β-amino-alcohol motifs (C(OH)–C–C–N with tert-alkyl or cyclic N) is 1. The maximum absolute atomic E-state index is 12.9. The Bertz CT molecular complexity index is 904. The SMILES string of the molecule is COc1ccc(OC)c2c1CN(C(=O)C(C)Oc1ccc(C#N)cc1)CC2O. The van der Waals surface area contributed by atoms with E-state index >= 15 is 0 Å². The summed E-state index contributed by atoms with van der Waals surface area (Å²) >= 11 is 0. The summed E-state index contributed by atoms with van der Waals surface area (Å²) in [6.45, 7) is 2.08. The number of rotatable bonds is 5. The Morgan fingerprint density at radius 1 is 1.18 bits per heavy atom. The number of methoxy groups -OCH3 is 2. The van der Waals surface area contributed by atoms with Crippen LogP contribution in [0.2, 0.25) is 0 Å². The minimum absolute atomic E-state index is 0.135. The Hall–Kier alpha value is -3.24. The van der Waals surface area contributed by atoms with Crippen LogP contribution in [0.25, 0.3) is 0 Å². The molecule has 0 radical (unpaired) electrons. The molecule has 146 valence electrons. The van der Waals surface area contributed by atoms with E-state index < -0.39 is 12.2 Å². The van der Waals surface area contributed by atoms with Crippen molar-refractivity contribution in [2.24, 2.45) is 0 Å². The highest BCUT2D eigenvalue weighted by molar-refractivity contribution is 5.81. The molecule has 0 spiro atoms. The second-order valence-electron chi connectivity index (χ2n) is 6.49. The summed E-state index contributed by atoms with van der Waals surface area (Å²) < 4.78 is 16.5. The van der Waals surface area contributed by atoms with Gasteiger partial charge in [0.15, 0.2) is 6.10 Å². The summed E-state index contributed by atoms with van der Waals surface area (Å²) in [7, 11) is 3.09. The number of nitrogens with zero attached hydrogens (tertiary/aromatic N) is 2. The topological polar surface area (TPSA) is 92.0 Å². The van der Waals surface area contributed by atoms with Gasteiger partial charge in [-0.1, -0.05) is 0 Å². The van der Waals surface area contributed by atoms with E-state index in [2.05, 4.69) is 0 Å². The zero-order valence-electron chi connectivity index (χ0n) is 16.0. The number of aliphatic hydroxyl groups is 1. The predicted molar refractivity (Wildman–Crippen MR) is 101 cm³/mol. The van der Waals surface area contributed by atoms with E-state index in [1.54, 1.807) is 62.4 Å². The first-order valence-electron chi connectivity index (χ1n) is 8.86. The number of amides is 1. The number of ether oxygens (including phenoxy) is 3. The molecule has 2 atom stereocenters. The number of benzene rings is 2. The van der Waals surface area contributed by atoms with Crippen LogP contribution in [-0.2, 0) is 11.3 Å². The second kappa shape index (κ2) is 8.19. The number of hydrogen-bond donors (Lipinski definition) is 1. The molecule has 1 amide bonds. The van der Waals surface area contributed by atoms with E-state index in [1.165, 1.54) is 0 Å². The Labute approximate surface area is 163 Å². The monoisotopic (exact) mass is 382 g/mol. The first-order chi connectivity index (χ1) is 13.5. The molecular formula is C21H22N2O5. The summed E-state index contributed by atoms with van der Waals surface area (Å²) in [6, 6.07) is 12.1. The minimum atomic E-state index is -0.889. The van der Waals surface area contributed by atoms with Gasteiger partial charge >= 0.3 is 0 Å². The number of carbonyl (C=O) groups is 1. The van der Waals surface area contributed by atoms with Gasteiger partial charge in [0, 0.05) is 11.1 Å². The average molecular weight is 382 g/mol. The highest BCUT2D eigenvalue weighted by Crippen LogP contribution is 2.39.